The molecule has 8 heterocycles. The molecule has 18 atom stereocenters. The first-order valence-corrected chi connectivity index (χ1v) is 29.6. The lowest BCUT2D eigenvalue weighted by molar-refractivity contribution is -0.136. The minimum Gasteiger partial charge on any atom is -0.458 e. The van der Waals surface area contributed by atoms with Crippen LogP contribution in [-0.4, -0.2) is 131 Å². The zero-order valence-corrected chi connectivity index (χ0v) is 44.7. The normalized spacial score (nSPS) is 46.0. The van der Waals surface area contributed by atoms with Crippen LogP contribution in [0.15, 0.2) is 76.2 Å². The molecule has 0 unspecified atom stereocenters. The fourth-order valence-electron chi connectivity index (χ4n) is 17.7. The highest BCUT2D eigenvalue weighted by atomic mass is 32.2. The summed E-state index contributed by atoms with van der Waals surface area (Å²) in [6, 6.07) is 18.0. The van der Waals surface area contributed by atoms with E-state index >= 15 is 0 Å². The number of hydrogen-bond donors (Lipinski definition) is 0. The number of hydrogen-bond acceptors (Lipinski definition) is 16. The number of rotatable bonds is 12. The summed E-state index contributed by atoms with van der Waals surface area (Å²) in [4.78, 5) is 39.6. The molecular weight excluding hydrogens is 997 g/mol. The molecule has 0 radical (unpaired) electrons. The number of furan rings is 1. The van der Waals surface area contributed by atoms with Gasteiger partial charge in [0.2, 0.25) is 5.78 Å². The van der Waals surface area contributed by atoms with Crippen LogP contribution in [0.5, 0.6) is 5.95 Å². The number of benzene rings is 2. The van der Waals surface area contributed by atoms with Crippen LogP contribution in [0.25, 0.3) is 0 Å². The standard InChI is InChI=1S/C36H36O8S.C22H28O6S.CH4/c1-19(2)34-28(43-34)29-36(44-29)33(3)16-15-22-25(23(33)17-24-35(36,42-24)32(34)39-18-45-4)27(26(37)20-11-7-5-8-12-20)40-31(22)41-30(38)21-13-9-6-10-14-21;1-10(2)20-15(27-20)16-22(28-16)19(3)6-5-11-12(8-24-17(11)23)13(19)7-14-21(22,26-14)18(20)25-9-29-4;/h5-14,19,23-24,28-29,32H,15-18H2,1-4H3;10,13-16,18H,5-9H2,1-4H3;1H4/t23-,24-,28-,29-,32+,33-,34-,35+,36+;13-,14-,15-,16-,18+,19-,20-,21+,22+;/m00./s1. The molecular formula is C59H68O14S2. The molecule has 10 fully saturated rings. The number of carbonyl (C=O) groups excluding carboxylic acids is 3. The maximum absolute atomic E-state index is 14.1. The van der Waals surface area contributed by atoms with Crippen LogP contribution in [0, 0.1) is 28.6 Å². The maximum Gasteiger partial charge on any atom is 0.345 e. The molecule has 7 aliphatic heterocycles. The van der Waals surface area contributed by atoms with Gasteiger partial charge in [0.05, 0.1) is 29.6 Å². The van der Waals surface area contributed by atoms with Gasteiger partial charge in [0, 0.05) is 33.1 Å². The van der Waals surface area contributed by atoms with Crippen molar-refractivity contribution in [2.75, 3.05) is 31.0 Å². The molecule has 6 aliphatic carbocycles. The number of fused-ring (bicyclic) bond motifs is 9. The second kappa shape index (κ2) is 16.1. The van der Waals surface area contributed by atoms with Crippen molar-refractivity contribution >= 4 is 41.2 Å². The topological polar surface area (TPSA) is 176 Å². The predicted molar refractivity (Wildman–Crippen MR) is 276 cm³/mol. The number of epoxide rings is 6. The second-order valence-corrected chi connectivity index (χ2v) is 26.0. The minimum absolute atomic E-state index is 0. The zero-order chi connectivity index (χ0) is 50.9. The summed E-state index contributed by atoms with van der Waals surface area (Å²) >= 11 is 3.35. The van der Waals surface area contributed by atoms with E-state index in [1.165, 1.54) is 5.57 Å². The van der Waals surface area contributed by atoms with Crippen LogP contribution in [0.4, 0.5) is 0 Å². The Morgan fingerprint density at radius 2 is 1.20 bits per heavy atom. The Morgan fingerprint density at radius 3 is 1.75 bits per heavy atom. The Balaban J connectivity index is 0.000000148. The molecule has 0 bridgehead atoms. The third kappa shape index (κ3) is 5.76. The number of ketones is 1. The summed E-state index contributed by atoms with van der Waals surface area (Å²) in [7, 11) is 0. The van der Waals surface area contributed by atoms with Crippen molar-refractivity contribution in [3.63, 3.8) is 0 Å². The molecule has 0 N–H and O–H groups in total. The van der Waals surface area contributed by atoms with Gasteiger partial charge in [-0.25, -0.2) is 9.59 Å². The summed E-state index contributed by atoms with van der Waals surface area (Å²) < 4.78 is 71.0. The number of cyclic esters (lactones) is 1. The summed E-state index contributed by atoms with van der Waals surface area (Å²) in [5.74, 6) is 1.39. The Morgan fingerprint density at radius 1 is 0.680 bits per heavy atom. The fraction of sp³-hybridized carbons (Fsp3) is 0.644. The van der Waals surface area contributed by atoms with Gasteiger partial charge in [-0.2, -0.15) is 0 Å². The van der Waals surface area contributed by atoms with Gasteiger partial charge in [-0.05, 0) is 92.4 Å². The lowest BCUT2D eigenvalue weighted by atomic mass is 9.46. The summed E-state index contributed by atoms with van der Waals surface area (Å²) in [6.45, 7) is 13.9. The van der Waals surface area contributed by atoms with Gasteiger partial charge in [-0.15, -0.1) is 23.5 Å². The molecule has 16 heteroatoms. The monoisotopic (exact) mass is 1060 g/mol. The molecule has 400 valence electrons. The van der Waals surface area contributed by atoms with Gasteiger partial charge in [0.25, 0.3) is 5.95 Å². The molecule has 14 nitrogen and oxygen atoms in total. The quantitative estimate of drug-likeness (QED) is 0.0726. The van der Waals surface area contributed by atoms with Gasteiger partial charge in [-0.3, -0.25) is 4.79 Å². The van der Waals surface area contributed by atoms with E-state index in [1.807, 2.05) is 30.5 Å². The largest absolute Gasteiger partial charge is 0.458 e. The fourth-order valence-corrected chi connectivity index (χ4v) is 18.3. The Kier molecular flexibility index (Phi) is 10.6. The average Bonchev–Trinajstić information content (AvgIpc) is 3.29. The van der Waals surface area contributed by atoms with Crippen molar-refractivity contribution in [3.8, 4) is 5.95 Å². The summed E-state index contributed by atoms with van der Waals surface area (Å²) in [6.07, 6.45) is 8.33. The number of esters is 2. The third-order valence-corrected chi connectivity index (χ3v) is 22.0. The van der Waals surface area contributed by atoms with Crippen LogP contribution >= 0.6 is 23.5 Å². The molecule has 0 amide bonds. The van der Waals surface area contributed by atoms with E-state index in [-0.39, 0.29) is 114 Å². The number of ether oxygens (including phenoxy) is 10. The molecule has 6 saturated heterocycles. The van der Waals surface area contributed by atoms with Crippen molar-refractivity contribution in [1.29, 1.82) is 0 Å². The van der Waals surface area contributed by atoms with Crippen LogP contribution < -0.4 is 4.74 Å². The van der Waals surface area contributed by atoms with Crippen molar-refractivity contribution < 1.29 is 66.2 Å². The summed E-state index contributed by atoms with van der Waals surface area (Å²) in [5.41, 5.74) is 1.42. The SMILES string of the molecule is C.CSCO[C@@H]1[C@@]2(C(C)C)O[C@H]2[C@@H]2O[C@]23[C@]12O[C@H]2C[C@H]1C2=C(CC[C@@]13C)C(=O)OC2.CSCO[C@@H]1[C@@]2(C(C)C)O[C@H]2[C@@H]2O[C@]23[C@]12O[C@H]2C[C@H]1c2c(C(=O)c4ccccc4)oc(OC(=O)c4ccccc4)c2CC[C@@]13C. The van der Waals surface area contributed by atoms with Gasteiger partial charge in [-0.1, -0.05) is 97.5 Å². The smallest absolute Gasteiger partial charge is 0.345 e. The van der Waals surface area contributed by atoms with E-state index in [9.17, 15) is 14.4 Å². The number of thioether (sulfide) groups is 2. The van der Waals surface area contributed by atoms with E-state index in [2.05, 4.69) is 47.8 Å². The second-order valence-electron chi connectivity index (χ2n) is 24.4. The van der Waals surface area contributed by atoms with Gasteiger partial charge in [0.15, 0.2) is 17.0 Å². The molecule has 1 aromatic heterocycles. The molecule has 2 aromatic carbocycles. The van der Waals surface area contributed by atoms with Crippen LogP contribution in [0.2, 0.25) is 0 Å². The van der Waals surface area contributed by atoms with E-state index < -0.39 is 33.8 Å². The molecule has 4 spiro atoms. The third-order valence-electron chi connectivity index (χ3n) is 21.2. The van der Waals surface area contributed by atoms with Gasteiger partial charge >= 0.3 is 11.9 Å². The van der Waals surface area contributed by atoms with E-state index in [4.69, 9.17) is 51.8 Å². The minimum atomic E-state index is -0.612. The first-order chi connectivity index (χ1) is 35.6. The predicted octanol–water partition coefficient (Wildman–Crippen LogP) is 9.04. The Labute approximate surface area is 446 Å². The molecule has 16 rings (SSSR count). The lowest BCUT2D eigenvalue weighted by Crippen LogP contribution is -2.69. The molecule has 4 saturated carbocycles. The average molecular weight is 1070 g/mol. The van der Waals surface area contributed by atoms with E-state index in [1.54, 1.807) is 59.9 Å². The van der Waals surface area contributed by atoms with Crippen LogP contribution in [0.1, 0.15) is 125 Å². The van der Waals surface area contributed by atoms with Crippen molar-refractivity contribution in [2.45, 2.75) is 176 Å². The molecule has 75 heavy (non-hydrogen) atoms. The summed E-state index contributed by atoms with van der Waals surface area (Å²) in [5, 5.41) is 0. The molecule has 13 aliphatic rings. The van der Waals surface area contributed by atoms with Gasteiger partial charge < -0.3 is 51.8 Å². The first-order valence-electron chi connectivity index (χ1n) is 26.8. The van der Waals surface area contributed by atoms with Gasteiger partial charge in [0.1, 0.15) is 65.6 Å². The highest BCUT2D eigenvalue weighted by molar-refractivity contribution is 7.98. The first kappa shape index (κ1) is 49.7. The Hall–Kier alpha value is -3.55. The number of carbonyl (C=O) groups is 3. The van der Waals surface area contributed by atoms with Crippen LogP contribution in [-0.2, 0) is 53.8 Å². The van der Waals surface area contributed by atoms with Crippen molar-refractivity contribution in [1.82, 2.24) is 0 Å². The lowest BCUT2D eigenvalue weighted by Gasteiger charge is -2.54. The highest BCUT2D eigenvalue weighted by Crippen LogP contribution is 2.85. The Bertz CT molecular complexity index is 2960. The van der Waals surface area contributed by atoms with E-state index in [0.29, 0.717) is 48.4 Å². The molecule has 3 aromatic rings. The maximum atomic E-state index is 14.1. The highest BCUT2D eigenvalue weighted by Gasteiger charge is 3.02. The van der Waals surface area contributed by atoms with E-state index in [0.717, 1.165) is 42.4 Å². The van der Waals surface area contributed by atoms with Crippen LogP contribution in [0.3, 0.4) is 0 Å². The van der Waals surface area contributed by atoms with Crippen molar-refractivity contribution in [3.05, 3.63) is 99.8 Å². The van der Waals surface area contributed by atoms with Crippen molar-refractivity contribution in [2.24, 2.45) is 28.6 Å². The zero-order valence-electron chi connectivity index (χ0n) is 43.1.